The van der Waals surface area contributed by atoms with Crippen molar-refractivity contribution in [3.63, 3.8) is 0 Å². The maximum Gasteiger partial charge on any atom is 0.255 e. The molecule has 1 aromatic heterocycles. The van der Waals surface area contributed by atoms with Gasteiger partial charge in [-0.2, -0.15) is 0 Å². The molecule has 144 valence electrons. The summed E-state index contributed by atoms with van der Waals surface area (Å²) in [7, 11) is 0. The first kappa shape index (κ1) is 19.9. The Labute approximate surface area is 168 Å². The van der Waals surface area contributed by atoms with E-state index in [0.29, 0.717) is 22.8 Å². The van der Waals surface area contributed by atoms with Crippen molar-refractivity contribution >= 4 is 23.4 Å². The van der Waals surface area contributed by atoms with Gasteiger partial charge in [0, 0.05) is 23.4 Å². The molecule has 0 unspecified atom stereocenters. The molecule has 0 fully saturated rings. The van der Waals surface area contributed by atoms with Gasteiger partial charge in [-0.25, -0.2) is 4.98 Å². The van der Waals surface area contributed by atoms with Gasteiger partial charge in [0.05, 0.1) is 5.75 Å². The summed E-state index contributed by atoms with van der Waals surface area (Å²) in [5.74, 6) is 0.0461. The monoisotopic (exact) mass is 393 g/mol. The SMILES string of the molecule is Cc1cccc(C)c1NC(=O)CSc1nc(C)c(Cc2ccccc2)c(=O)[nH]1. The smallest absolute Gasteiger partial charge is 0.255 e. The molecule has 0 bridgehead atoms. The highest BCUT2D eigenvalue weighted by Crippen LogP contribution is 2.20. The maximum absolute atomic E-state index is 12.5. The standard InChI is InChI=1S/C22H23N3O2S/c1-14-8-7-9-15(2)20(14)24-19(26)13-28-22-23-16(3)18(21(27)25-22)12-17-10-5-4-6-11-17/h4-11H,12-13H2,1-3H3,(H,24,26)(H,23,25,27). The number of aromatic nitrogens is 2. The summed E-state index contributed by atoms with van der Waals surface area (Å²) in [5, 5.41) is 3.40. The number of nitrogens with one attached hydrogen (secondary N) is 2. The van der Waals surface area contributed by atoms with Gasteiger partial charge in [-0.15, -0.1) is 0 Å². The second-order valence-electron chi connectivity index (χ2n) is 6.70. The Bertz CT molecular complexity index is 1030. The van der Waals surface area contributed by atoms with Crippen LogP contribution in [0.2, 0.25) is 0 Å². The molecule has 0 aliphatic rings. The Balaban J connectivity index is 1.66. The van der Waals surface area contributed by atoms with Crippen LogP contribution in [-0.4, -0.2) is 21.6 Å². The van der Waals surface area contributed by atoms with E-state index in [9.17, 15) is 9.59 Å². The first-order valence-corrected chi connectivity index (χ1v) is 10.0. The highest BCUT2D eigenvalue weighted by Gasteiger charge is 2.12. The van der Waals surface area contributed by atoms with Crippen molar-refractivity contribution in [2.45, 2.75) is 32.3 Å². The van der Waals surface area contributed by atoms with Gasteiger partial charge in [-0.1, -0.05) is 60.3 Å². The number of amides is 1. The van der Waals surface area contributed by atoms with E-state index in [0.717, 1.165) is 22.4 Å². The summed E-state index contributed by atoms with van der Waals surface area (Å²) in [5.41, 5.74) is 5.11. The number of anilines is 1. The third-order valence-electron chi connectivity index (χ3n) is 4.51. The summed E-state index contributed by atoms with van der Waals surface area (Å²) in [6, 6.07) is 15.7. The van der Waals surface area contributed by atoms with Crippen molar-refractivity contribution in [3.8, 4) is 0 Å². The summed E-state index contributed by atoms with van der Waals surface area (Å²) in [4.78, 5) is 32.1. The molecular formula is C22H23N3O2S. The maximum atomic E-state index is 12.5. The fraction of sp³-hybridized carbons (Fsp3) is 0.227. The van der Waals surface area contributed by atoms with Gasteiger partial charge in [0.2, 0.25) is 5.91 Å². The van der Waals surface area contributed by atoms with E-state index >= 15 is 0 Å². The molecule has 0 atom stereocenters. The third-order valence-corrected chi connectivity index (χ3v) is 5.38. The number of carbonyl (C=O) groups is 1. The van der Waals surface area contributed by atoms with Crippen LogP contribution in [0.5, 0.6) is 0 Å². The van der Waals surface area contributed by atoms with Crippen LogP contribution < -0.4 is 10.9 Å². The lowest BCUT2D eigenvalue weighted by molar-refractivity contribution is -0.113. The molecule has 0 aliphatic carbocycles. The first-order chi connectivity index (χ1) is 13.4. The fourth-order valence-corrected chi connectivity index (χ4v) is 3.69. The molecule has 0 saturated heterocycles. The number of hydrogen-bond donors (Lipinski definition) is 2. The minimum absolute atomic E-state index is 0.129. The molecule has 0 saturated carbocycles. The van der Waals surface area contributed by atoms with E-state index in [4.69, 9.17) is 0 Å². The number of rotatable bonds is 6. The molecule has 3 aromatic rings. The number of para-hydroxylation sites is 1. The summed E-state index contributed by atoms with van der Waals surface area (Å²) in [6.07, 6.45) is 0.535. The molecule has 1 heterocycles. The third kappa shape index (κ3) is 4.89. The Kier molecular flexibility index (Phi) is 6.31. The minimum Gasteiger partial charge on any atom is -0.325 e. The number of benzene rings is 2. The van der Waals surface area contributed by atoms with Gasteiger partial charge in [-0.05, 0) is 37.5 Å². The van der Waals surface area contributed by atoms with Crippen LogP contribution in [0.3, 0.4) is 0 Å². The minimum atomic E-state index is -0.158. The van der Waals surface area contributed by atoms with Crippen LogP contribution >= 0.6 is 11.8 Å². The van der Waals surface area contributed by atoms with Gasteiger partial charge in [0.1, 0.15) is 0 Å². The Morgan fingerprint density at radius 1 is 1.04 bits per heavy atom. The van der Waals surface area contributed by atoms with Crippen LogP contribution in [0.4, 0.5) is 5.69 Å². The zero-order valence-corrected chi connectivity index (χ0v) is 17.0. The summed E-state index contributed by atoms with van der Waals surface area (Å²) < 4.78 is 0. The zero-order chi connectivity index (χ0) is 20.1. The normalized spacial score (nSPS) is 10.7. The molecule has 28 heavy (non-hydrogen) atoms. The second kappa shape index (κ2) is 8.89. The Morgan fingerprint density at radius 3 is 2.36 bits per heavy atom. The molecule has 0 radical (unpaired) electrons. The Hall–Kier alpha value is -2.86. The topological polar surface area (TPSA) is 74.8 Å². The van der Waals surface area contributed by atoms with Gasteiger partial charge < -0.3 is 10.3 Å². The number of thioether (sulfide) groups is 1. The van der Waals surface area contributed by atoms with Crippen molar-refractivity contribution in [1.82, 2.24) is 9.97 Å². The van der Waals surface area contributed by atoms with E-state index in [1.54, 1.807) is 0 Å². The number of H-pyrrole nitrogens is 1. The van der Waals surface area contributed by atoms with E-state index < -0.39 is 0 Å². The van der Waals surface area contributed by atoms with Crippen LogP contribution in [-0.2, 0) is 11.2 Å². The van der Waals surface area contributed by atoms with E-state index in [1.165, 1.54) is 11.8 Å². The van der Waals surface area contributed by atoms with Gasteiger partial charge in [0.25, 0.3) is 5.56 Å². The molecular weight excluding hydrogens is 370 g/mol. The van der Waals surface area contributed by atoms with E-state index in [-0.39, 0.29) is 17.2 Å². The predicted molar refractivity (Wildman–Crippen MR) is 114 cm³/mol. The highest BCUT2D eigenvalue weighted by atomic mass is 32.2. The van der Waals surface area contributed by atoms with Crippen LogP contribution in [0.25, 0.3) is 0 Å². The van der Waals surface area contributed by atoms with Gasteiger partial charge >= 0.3 is 0 Å². The molecule has 2 N–H and O–H groups in total. The predicted octanol–water partition coefficient (Wildman–Crippen LogP) is 4.02. The van der Waals surface area contributed by atoms with Crippen molar-refractivity contribution in [1.29, 1.82) is 0 Å². The van der Waals surface area contributed by atoms with Gasteiger partial charge in [0.15, 0.2) is 5.16 Å². The van der Waals surface area contributed by atoms with Crippen molar-refractivity contribution < 1.29 is 4.79 Å². The largest absolute Gasteiger partial charge is 0.325 e. The fourth-order valence-electron chi connectivity index (χ4n) is 2.98. The lowest BCUT2D eigenvalue weighted by Gasteiger charge is -2.11. The first-order valence-electron chi connectivity index (χ1n) is 9.06. The number of carbonyl (C=O) groups excluding carboxylic acids is 1. The summed E-state index contributed by atoms with van der Waals surface area (Å²) >= 11 is 1.22. The van der Waals surface area contributed by atoms with E-state index in [1.807, 2.05) is 69.3 Å². The van der Waals surface area contributed by atoms with E-state index in [2.05, 4.69) is 15.3 Å². The van der Waals surface area contributed by atoms with Crippen LogP contribution in [0.15, 0.2) is 58.5 Å². The van der Waals surface area contributed by atoms with Crippen molar-refractivity contribution in [2.24, 2.45) is 0 Å². The van der Waals surface area contributed by atoms with Crippen molar-refractivity contribution in [3.05, 3.63) is 86.8 Å². The van der Waals surface area contributed by atoms with Crippen molar-refractivity contribution in [2.75, 3.05) is 11.1 Å². The zero-order valence-electron chi connectivity index (χ0n) is 16.2. The molecule has 1 amide bonds. The molecule has 0 aliphatic heterocycles. The molecule has 3 rings (SSSR count). The number of hydrogen-bond acceptors (Lipinski definition) is 4. The number of nitrogens with zero attached hydrogens (tertiary/aromatic N) is 1. The van der Waals surface area contributed by atoms with Crippen LogP contribution in [0.1, 0.15) is 27.9 Å². The molecule has 0 spiro atoms. The molecule has 6 heteroatoms. The van der Waals surface area contributed by atoms with Gasteiger partial charge in [-0.3, -0.25) is 9.59 Å². The lowest BCUT2D eigenvalue weighted by Crippen LogP contribution is -2.19. The Morgan fingerprint density at radius 2 is 1.71 bits per heavy atom. The second-order valence-corrected chi connectivity index (χ2v) is 7.67. The molecule has 2 aromatic carbocycles. The van der Waals surface area contributed by atoms with Crippen LogP contribution in [0, 0.1) is 20.8 Å². The number of aryl methyl sites for hydroxylation is 3. The number of aromatic amines is 1. The summed E-state index contributed by atoms with van der Waals surface area (Å²) in [6.45, 7) is 5.75. The molecule has 5 nitrogen and oxygen atoms in total. The average molecular weight is 394 g/mol. The lowest BCUT2D eigenvalue weighted by atomic mass is 10.1. The quantitative estimate of drug-likeness (QED) is 0.490. The average Bonchev–Trinajstić information content (AvgIpc) is 2.67. The highest BCUT2D eigenvalue weighted by molar-refractivity contribution is 7.99.